The van der Waals surface area contributed by atoms with Gasteiger partial charge in [-0.1, -0.05) is 26.3 Å². The number of rotatable bonds is 9. The van der Waals surface area contributed by atoms with Crippen molar-refractivity contribution in [3.63, 3.8) is 0 Å². The van der Waals surface area contributed by atoms with Gasteiger partial charge in [0.15, 0.2) is 0 Å². The van der Waals surface area contributed by atoms with E-state index in [1.54, 1.807) is 0 Å². The van der Waals surface area contributed by atoms with Crippen LogP contribution in [-0.4, -0.2) is 29.6 Å². The zero-order chi connectivity index (χ0) is 13.5. The van der Waals surface area contributed by atoms with Gasteiger partial charge >= 0.3 is 0 Å². The van der Waals surface area contributed by atoms with Gasteiger partial charge in [-0.25, -0.2) is 0 Å². The highest BCUT2D eigenvalue weighted by Crippen LogP contribution is 2.26. The van der Waals surface area contributed by atoms with Crippen molar-refractivity contribution in [2.24, 2.45) is 5.84 Å². The maximum atomic E-state index is 5.76. The topological polar surface area (TPSA) is 41.3 Å². The molecule has 0 aliphatic carbocycles. The molecule has 0 saturated heterocycles. The molecule has 0 aromatic carbocycles. The second-order valence-electron chi connectivity index (χ2n) is 5.10. The number of hydrogen-bond donors (Lipinski definition) is 2. The fraction of sp³-hybridized carbons (Fsp3) is 0.857. The number of nitrogens with one attached hydrogen (secondary N) is 1. The van der Waals surface area contributed by atoms with Crippen molar-refractivity contribution in [2.45, 2.75) is 65.5 Å². The first-order valence-corrected chi connectivity index (χ1v) is 6.81. The third-order valence-corrected chi connectivity index (χ3v) is 4.01. The monoisotopic (exact) mass is 241 g/mol. The van der Waals surface area contributed by atoms with Gasteiger partial charge in [-0.3, -0.25) is 16.2 Å². The number of nitrogens with two attached hydrogens (primary N) is 1. The van der Waals surface area contributed by atoms with Crippen LogP contribution in [0.3, 0.4) is 0 Å². The van der Waals surface area contributed by atoms with Crippen molar-refractivity contribution in [3.8, 4) is 0 Å². The SMILES string of the molecule is C=C(C)CCC(NN)C(C)(CC)N(CC)CC. The molecule has 0 spiro atoms. The molecule has 3 N–H and O–H groups in total. The van der Waals surface area contributed by atoms with Crippen LogP contribution in [0.2, 0.25) is 0 Å². The van der Waals surface area contributed by atoms with Gasteiger partial charge in [0.25, 0.3) is 0 Å². The number of hydrogen-bond acceptors (Lipinski definition) is 3. The first-order valence-electron chi connectivity index (χ1n) is 6.81. The summed E-state index contributed by atoms with van der Waals surface area (Å²) in [7, 11) is 0. The summed E-state index contributed by atoms with van der Waals surface area (Å²) in [5, 5.41) is 0. The Labute approximate surface area is 107 Å². The lowest BCUT2D eigenvalue weighted by Gasteiger charge is -2.45. The molecule has 17 heavy (non-hydrogen) atoms. The van der Waals surface area contributed by atoms with Crippen molar-refractivity contribution in [3.05, 3.63) is 12.2 Å². The van der Waals surface area contributed by atoms with Crippen LogP contribution in [0.1, 0.15) is 53.9 Å². The number of hydrazine groups is 1. The van der Waals surface area contributed by atoms with Gasteiger partial charge in [-0.15, -0.1) is 6.58 Å². The van der Waals surface area contributed by atoms with Crippen molar-refractivity contribution < 1.29 is 0 Å². The Bertz CT molecular complexity index is 224. The van der Waals surface area contributed by atoms with Crippen molar-refractivity contribution in [1.29, 1.82) is 0 Å². The lowest BCUT2D eigenvalue weighted by molar-refractivity contribution is 0.0668. The summed E-state index contributed by atoms with van der Waals surface area (Å²) in [5.41, 5.74) is 4.36. The lowest BCUT2D eigenvalue weighted by atomic mass is 9.84. The third-order valence-electron chi connectivity index (χ3n) is 4.01. The van der Waals surface area contributed by atoms with Crippen LogP contribution in [0, 0.1) is 0 Å². The van der Waals surface area contributed by atoms with Crippen molar-refractivity contribution in [1.82, 2.24) is 10.3 Å². The van der Waals surface area contributed by atoms with Crippen LogP contribution < -0.4 is 11.3 Å². The predicted octanol–water partition coefficient (Wildman–Crippen LogP) is 2.69. The van der Waals surface area contributed by atoms with E-state index in [0.29, 0.717) is 6.04 Å². The summed E-state index contributed by atoms with van der Waals surface area (Å²) in [6.45, 7) is 17.1. The molecule has 0 aliphatic heterocycles. The van der Waals surface area contributed by atoms with Gasteiger partial charge in [0.2, 0.25) is 0 Å². The predicted molar refractivity (Wildman–Crippen MR) is 76.8 cm³/mol. The average molecular weight is 241 g/mol. The van der Waals surface area contributed by atoms with Crippen LogP contribution in [-0.2, 0) is 0 Å². The second-order valence-corrected chi connectivity index (χ2v) is 5.10. The highest BCUT2D eigenvalue weighted by atomic mass is 15.3. The van der Waals surface area contributed by atoms with Crippen LogP contribution in [0.15, 0.2) is 12.2 Å². The molecule has 0 aromatic heterocycles. The normalized spacial score (nSPS) is 16.9. The summed E-state index contributed by atoms with van der Waals surface area (Å²) >= 11 is 0. The largest absolute Gasteiger partial charge is 0.297 e. The maximum absolute atomic E-state index is 5.76. The molecule has 102 valence electrons. The molecule has 2 atom stereocenters. The minimum Gasteiger partial charge on any atom is -0.297 e. The van der Waals surface area contributed by atoms with Crippen molar-refractivity contribution >= 4 is 0 Å². The van der Waals surface area contributed by atoms with E-state index < -0.39 is 0 Å². The highest BCUT2D eigenvalue weighted by molar-refractivity contribution is 4.98. The Morgan fingerprint density at radius 1 is 1.35 bits per heavy atom. The Balaban J connectivity index is 4.81. The van der Waals surface area contributed by atoms with Gasteiger partial charge in [0.1, 0.15) is 0 Å². The van der Waals surface area contributed by atoms with E-state index in [9.17, 15) is 0 Å². The average Bonchev–Trinajstić information content (AvgIpc) is 2.30. The summed E-state index contributed by atoms with van der Waals surface area (Å²) in [6, 6.07) is 0.309. The van der Waals surface area contributed by atoms with E-state index in [-0.39, 0.29) is 5.54 Å². The Hall–Kier alpha value is -0.380. The molecule has 0 rings (SSSR count). The molecular weight excluding hydrogens is 210 g/mol. The molecular formula is C14H31N3. The van der Waals surface area contributed by atoms with E-state index in [0.717, 1.165) is 32.4 Å². The molecule has 0 fully saturated rings. The summed E-state index contributed by atoms with van der Waals surface area (Å²) in [4.78, 5) is 2.50. The highest BCUT2D eigenvalue weighted by Gasteiger charge is 2.35. The third kappa shape index (κ3) is 4.41. The molecule has 2 unspecified atom stereocenters. The van der Waals surface area contributed by atoms with Crippen molar-refractivity contribution in [2.75, 3.05) is 13.1 Å². The molecule has 3 heteroatoms. The molecule has 0 heterocycles. The lowest BCUT2D eigenvalue weighted by Crippen LogP contribution is -2.60. The Kier molecular flexibility index (Phi) is 7.68. The van der Waals surface area contributed by atoms with Crippen LogP contribution >= 0.6 is 0 Å². The van der Waals surface area contributed by atoms with Gasteiger partial charge in [0, 0.05) is 11.6 Å². The first-order chi connectivity index (χ1) is 7.96. The minimum atomic E-state index is 0.119. The second kappa shape index (κ2) is 7.85. The Morgan fingerprint density at radius 2 is 1.88 bits per heavy atom. The van der Waals surface area contributed by atoms with Crippen LogP contribution in [0.4, 0.5) is 0 Å². The molecule has 3 nitrogen and oxygen atoms in total. The minimum absolute atomic E-state index is 0.119. The number of allylic oxidation sites excluding steroid dienone is 1. The zero-order valence-corrected chi connectivity index (χ0v) is 12.3. The first kappa shape index (κ1) is 16.6. The molecule has 0 saturated carbocycles. The maximum Gasteiger partial charge on any atom is 0.0395 e. The number of likely N-dealkylation sites (N-methyl/N-ethyl adjacent to an activating group) is 1. The fourth-order valence-electron chi connectivity index (χ4n) is 2.60. The molecule has 0 bridgehead atoms. The number of nitrogens with zero attached hydrogens (tertiary/aromatic N) is 1. The van der Waals surface area contributed by atoms with Gasteiger partial charge in [-0.2, -0.15) is 0 Å². The molecule has 0 aliphatic rings. The van der Waals surface area contributed by atoms with Gasteiger partial charge in [0.05, 0.1) is 0 Å². The van der Waals surface area contributed by atoms with E-state index in [1.807, 2.05) is 0 Å². The molecule has 0 radical (unpaired) electrons. The van der Waals surface area contributed by atoms with E-state index in [2.05, 4.69) is 51.5 Å². The van der Waals surface area contributed by atoms with Crippen LogP contribution in [0.25, 0.3) is 0 Å². The van der Waals surface area contributed by atoms with Gasteiger partial charge < -0.3 is 0 Å². The quantitative estimate of drug-likeness (QED) is 0.370. The van der Waals surface area contributed by atoms with E-state index >= 15 is 0 Å². The van der Waals surface area contributed by atoms with Gasteiger partial charge in [-0.05, 0) is 46.2 Å². The zero-order valence-electron chi connectivity index (χ0n) is 12.3. The smallest absolute Gasteiger partial charge is 0.0395 e. The summed E-state index contributed by atoms with van der Waals surface area (Å²) < 4.78 is 0. The summed E-state index contributed by atoms with van der Waals surface area (Å²) in [5.74, 6) is 5.76. The summed E-state index contributed by atoms with van der Waals surface area (Å²) in [6.07, 6.45) is 3.18. The molecule has 0 amide bonds. The van der Waals surface area contributed by atoms with E-state index in [1.165, 1.54) is 5.57 Å². The van der Waals surface area contributed by atoms with Crippen LogP contribution in [0.5, 0.6) is 0 Å². The van der Waals surface area contributed by atoms with E-state index in [4.69, 9.17) is 5.84 Å². The Morgan fingerprint density at radius 3 is 2.18 bits per heavy atom. The fourth-order valence-corrected chi connectivity index (χ4v) is 2.60. The molecule has 0 aromatic rings. The standard InChI is InChI=1S/C14H31N3/c1-7-14(6,17(8-2)9-3)13(16-15)11-10-12(4)5/h13,16H,4,7-11,15H2,1-3,5-6H3.